The van der Waals surface area contributed by atoms with E-state index < -0.39 is 0 Å². The van der Waals surface area contributed by atoms with Crippen molar-refractivity contribution in [1.29, 1.82) is 0 Å². The van der Waals surface area contributed by atoms with Crippen LogP contribution in [-0.2, 0) is 4.79 Å². The van der Waals surface area contributed by atoms with Gasteiger partial charge < -0.3 is 18.6 Å². The van der Waals surface area contributed by atoms with Gasteiger partial charge in [0.1, 0.15) is 0 Å². The molecule has 1 aliphatic rings. The van der Waals surface area contributed by atoms with E-state index in [9.17, 15) is 4.79 Å². The Morgan fingerprint density at radius 1 is 0.434 bits per heavy atom. The van der Waals surface area contributed by atoms with Crippen molar-refractivity contribution < 1.29 is 14.3 Å². The van der Waals surface area contributed by atoms with Crippen LogP contribution >= 0.6 is 0 Å². The molecule has 0 bridgehead atoms. The standard InChI is InChI=1S/C48H32N2O3/c1-31-18-27-44-45(28-31)53-47(30-33-21-25-35(26-22-33)50-42-16-8-4-12-38(42)39-13-5-9-17-43(39)50)48(51)46(52-44)29-32-19-23-34(24-20-32)49-40-14-6-2-10-36(40)37-11-3-7-15-41(37)49/h2-30H,1H3. The molecule has 0 radical (unpaired) electrons. The number of carbonyl (C=O) groups excluding carboxylic acids is 1. The number of benzene rings is 7. The Morgan fingerprint density at radius 3 is 1.23 bits per heavy atom. The molecule has 5 nitrogen and oxygen atoms in total. The van der Waals surface area contributed by atoms with Gasteiger partial charge in [0.05, 0.1) is 22.1 Å². The van der Waals surface area contributed by atoms with E-state index in [0.29, 0.717) is 11.5 Å². The van der Waals surface area contributed by atoms with Crippen molar-refractivity contribution >= 4 is 61.5 Å². The maximum Gasteiger partial charge on any atom is 0.263 e. The third-order valence-electron chi connectivity index (χ3n) is 10.0. The second-order valence-corrected chi connectivity index (χ2v) is 13.4. The van der Waals surface area contributed by atoms with Crippen LogP contribution < -0.4 is 9.47 Å². The van der Waals surface area contributed by atoms with Crippen LogP contribution in [-0.4, -0.2) is 14.9 Å². The van der Waals surface area contributed by atoms with E-state index in [2.05, 4.69) is 130 Å². The normalized spacial score (nSPS) is 14.5. The Kier molecular flexibility index (Phi) is 7.12. The first-order valence-electron chi connectivity index (χ1n) is 17.7. The Bertz CT molecular complexity index is 2850. The Labute approximate surface area is 305 Å². The minimum atomic E-state index is -0.336. The molecule has 0 saturated heterocycles. The number of para-hydroxylation sites is 4. The second-order valence-electron chi connectivity index (χ2n) is 13.4. The van der Waals surface area contributed by atoms with Gasteiger partial charge in [0.25, 0.3) is 5.78 Å². The average Bonchev–Trinajstić information content (AvgIpc) is 3.68. The number of rotatable bonds is 4. The highest BCUT2D eigenvalue weighted by molar-refractivity contribution is 6.12. The van der Waals surface area contributed by atoms with Gasteiger partial charge in [-0.2, -0.15) is 0 Å². The van der Waals surface area contributed by atoms with Crippen molar-refractivity contribution in [2.75, 3.05) is 0 Å². The number of hydrogen-bond donors (Lipinski definition) is 0. The molecule has 2 aromatic heterocycles. The van der Waals surface area contributed by atoms with Gasteiger partial charge in [-0.3, -0.25) is 4.79 Å². The van der Waals surface area contributed by atoms with Crippen LogP contribution in [0.15, 0.2) is 175 Å². The van der Waals surface area contributed by atoms with Crippen LogP contribution in [0.25, 0.3) is 67.1 Å². The number of aryl methyl sites for hydroxylation is 1. The number of fused-ring (bicyclic) bond motifs is 7. The summed E-state index contributed by atoms with van der Waals surface area (Å²) in [5.41, 5.74) is 9.31. The Hall–Kier alpha value is -7.11. The van der Waals surface area contributed by atoms with Gasteiger partial charge in [-0.1, -0.05) is 103 Å². The zero-order chi connectivity index (χ0) is 35.5. The maximum atomic E-state index is 14.2. The van der Waals surface area contributed by atoms with Gasteiger partial charge >= 0.3 is 0 Å². The van der Waals surface area contributed by atoms with E-state index in [-0.39, 0.29) is 17.3 Å². The lowest BCUT2D eigenvalue weighted by atomic mass is 10.1. The van der Waals surface area contributed by atoms with Gasteiger partial charge in [0.15, 0.2) is 23.0 Å². The quantitative estimate of drug-likeness (QED) is 0.173. The molecule has 0 unspecified atom stereocenters. The fourth-order valence-electron chi connectivity index (χ4n) is 7.56. The molecule has 0 spiro atoms. The van der Waals surface area contributed by atoms with Crippen LogP contribution in [0.3, 0.4) is 0 Å². The van der Waals surface area contributed by atoms with Crippen LogP contribution in [0.1, 0.15) is 16.7 Å². The fourth-order valence-corrected chi connectivity index (χ4v) is 7.56. The number of aromatic nitrogens is 2. The summed E-state index contributed by atoms with van der Waals surface area (Å²) >= 11 is 0. The van der Waals surface area contributed by atoms with Crippen molar-refractivity contribution in [2.24, 2.45) is 0 Å². The van der Waals surface area contributed by atoms with E-state index in [1.807, 2.05) is 49.4 Å². The smallest absolute Gasteiger partial charge is 0.263 e. The van der Waals surface area contributed by atoms with E-state index in [0.717, 1.165) is 50.1 Å². The number of ether oxygens (including phenoxy) is 2. The number of hydrogen-bond acceptors (Lipinski definition) is 3. The molecule has 5 heteroatoms. The zero-order valence-corrected chi connectivity index (χ0v) is 28.9. The van der Waals surface area contributed by atoms with Gasteiger partial charge in [-0.15, -0.1) is 0 Å². The first-order valence-corrected chi connectivity index (χ1v) is 17.7. The molecule has 3 heterocycles. The van der Waals surface area contributed by atoms with Crippen LogP contribution in [0.5, 0.6) is 11.5 Å². The van der Waals surface area contributed by atoms with Gasteiger partial charge in [-0.25, -0.2) is 0 Å². The summed E-state index contributed by atoms with van der Waals surface area (Å²) in [4.78, 5) is 14.2. The van der Waals surface area contributed by atoms with E-state index in [1.165, 1.54) is 21.5 Å². The van der Waals surface area contributed by atoms with Crippen molar-refractivity contribution in [3.05, 3.63) is 192 Å². The third-order valence-corrected chi connectivity index (χ3v) is 10.0. The topological polar surface area (TPSA) is 45.4 Å². The summed E-state index contributed by atoms with van der Waals surface area (Å²) in [7, 11) is 0. The van der Waals surface area contributed by atoms with E-state index >= 15 is 0 Å². The molecule has 0 aliphatic carbocycles. The minimum Gasteiger partial charge on any atom is -0.449 e. The molecule has 0 saturated carbocycles. The van der Waals surface area contributed by atoms with E-state index in [4.69, 9.17) is 9.47 Å². The number of ketones is 1. The largest absolute Gasteiger partial charge is 0.449 e. The minimum absolute atomic E-state index is 0.186. The lowest BCUT2D eigenvalue weighted by molar-refractivity contribution is -0.115. The molecular formula is C48H32N2O3. The summed E-state index contributed by atoms with van der Waals surface area (Å²) in [6.07, 6.45) is 3.58. The van der Waals surface area contributed by atoms with Gasteiger partial charge in [0.2, 0.25) is 0 Å². The summed E-state index contributed by atoms with van der Waals surface area (Å²) in [6.45, 7) is 1.99. The number of nitrogens with zero attached hydrogens (tertiary/aromatic N) is 2. The molecule has 0 fully saturated rings. The summed E-state index contributed by atoms with van der Waals surface area (Å²) in [6, 6.07) is 55.9. The Morgan fingerprint density at radius 2 is 0.811 bits per heavy atom. The molecule has 0 N–H and O–H groups in total. The van der Waals surface area contributed by atoms with Gasteiger partial charge in [-0.05, 0) is 96.4 Å². The van der Waals surface area contributed by atoms with Gasteiger partial charge in [0, 0.05) is 32.9 Å². The maximum absolute atomic E-state index is 14.2. The van der Waals surface area contributed by atoms with Crippen molar-refractivity contribution in [2.45, 2.75) is 6.92 Å². The third kappa shape index (κ3) is 5.21. The molecule has 0 atom stereocenters. The predicted octanol–water partition coefficient (Wildman–Crippen LogP) is 11.6. The SMILES string of the molecule is Cc1ccc2c(c1)OC(=Cc1ccc(-n3c4ccccc4c4ccccc43)cc1)C(=O)C(=Cc1ccc(-n3c4ccccc4c4ccccc43)cc1)O2. The molecular weight excluding hydrogens is 653 g/mol. The monoisotopic (exact) mass is 684 g/mol. The Balaban J connectivity index is 1.02. The molecule has 1 aliphatic heterocycles. The number of Topliss-reactive ketones (excluding diaryl/α,β-unsaturated/α-hetero) is 1. The average molecular weight is 685 g/mol. The highest BCUT2D eigenvalue weighted by atomic mass is 16.5. The summed E-state index contributed by atoms with van der Waals surface area (Å²) in [5.74, 6) is 1.02. The lowest BCUT2D eigenvalue weighted by Gasteiger charge is -2.09. The molecule has 0 amide bonds. The highest BCUT2D eigenvalue weighted by Crippen LogP contribution is 2.37. The zero-order valence-electron chi connectivity index (χ0n) is 28.9. The highest BCUT2D eigenvalue weighted by Gasteiger charge is 2.27. The van der Waals surface area contributed by atoms with Crippen LogP contribution in [0.4, 0.5) is 0 Å². The first kappa shape index (κ1) is 30.7. The summed E-state index contributed by atoms with van der Waals surface area (Å²) in [5, 5.41) is 4.84. The molecule has 9 aromatic rings. The molecule has 252 valence electrons. The van der Waals surface area contributed by atoms with Crippen LogP contribution in [0.2, 0.25) is 0 Å². The molecule has 53 heavy (non-hydrogen) atoms. The van der Waals surface area contributed by atoms with Crippen molar-refractivity contribution in [1.82, 2.24) is 9.13 Å². The van der Waals surface area contributed by atoms with Crippen molar-refractivity contribution in [3.63, 3.8) is 0 Å². The molecule has 10 rings (SSSR count). The number of carbonyl (C=O) groups is 1. The second kappa shape index (κ2) is 12.3. The van der Waals surface area contributed by atoms with Crippen molar-refractivity contribution in [3.8, 4) is 22.9 Å². The summed E-state index contributed by atoms with van der Waals surface area (Å²) < 4.78 is 17.2. The first-order chi connectivity index (χ1) is 26.1. The predicted molar refractivity (Wildman–Crippen MR) is 215 cm³/mol. The van der Waals surface area contributed by atoms with E-state index in [1.54, 1.807) is 12.2 Å². The lowest BCUT2D eigenvalue weighted by Crippen LogP contribution is -2.12. The molecule has 7 aromatic carbocycles. The van der Waals surface area contributed by atoms with Crippen LogP contribution in [0, 0.1) is 6.92 Å². The fraction of sp³-hybridized carbons (Fsp3) is 0.0208.